The first-order valence-corrected chi connectivity index (χ1v) is 9.39. The van der Waals surface area contributed by atoms with E-state index in [2.05, 4.69) is 15.5 Å². The summed E-state index contributed by atoms with van der Waals surface area (Å²) in [6.45, 7) is 2.97. The molecule has 0 saturated carbocycles. The number of carbonyl (C=O) groups excluding carboxylic acids is 1. The van der Waals surface area contributed by atoms with Gasteiger partial charge < -0.3 is 24.5 Å². The fourth-order valence-electron chi connectivity index (χ4n) is 3.22. The van der Waals surface area contributed by atoms with Gasteiger partial charge in [0.15, 0.2) is 5.76 Å². The molecule has 2 N–H and O–H groups in total. The molecule has 1 aliphatic rings. The molecule has 0 spiro atoms. The van der Waals surface area contributed by atoms with E-state index in [1.165, 1.54) is 4.90 Å². The van der Waals surface area contributed by atoms with E-state index < -0.39 is 6.17 Å². The molecular formula is C19H20ClFN4O3. The molecule has 2 amide bonds. The highest BCUT2D eigenvalue weighted by Gasteiger charge is 2.25. The van der Waals surface area contributed by atoms with Crippen molar-refractivity contribution >= 4 is 28.5 Å². The van der Waals surface area contributed by atoms with Gasteiger partial charge >= 0.3 is 6.03 Å². The zero-order valence-corrected chi connectivity index (χ0v) is 16.1. The fraction of sp³-hybridized carbons (Fsp3) is 0.368. The number of halogens is 2. The Morgan fingerprint density at radius 2 is 2.32 bits per heavy atom. The highest BCUT2D eigenvalue weighted by atomic mass is 35.5. The summed E-state index contributed by atoms with van der Waals surface area (Å²) in [7, 11) is 0. The van der Waals surface area contributed by atoms with Crippen molar-refractivity contribution in [3.8, 4) is 5.75 Å². The smallest absolute Gasteiger partial charge is 0.317 e. The zero-order chi connectivity index (χ0) is 19.7. The van der Waals surface area contributed by atoms with Gasteiger partial charge in [-0.05, 0) is 25.5 Å². The van der Waals surface area contributed by atoms with E-state index in [1.54, 1.807) is 18.2 Å². The third-order valence-electron chi connectivity index (χ3n) is 4.62. The number of aryl methyl sites for hydroxylation is 1. The van der Waals surface area contributed by atoms with Gasteiger partial charge in [-0.3, -0.25) is 0 Å². The molecule has 1 fully saturated rings. The molecule has 0 aliphatic carbocycles. The number of ether oxygens (including phenoxy) is 1. The van der Waals surface area contributed by atoms with Crippen LogP contribution in [-0.2, 0) is 13.2 Å². The molecule has 9 heteroatoms. The van der Waals surface area contributed by atoms with E-state index in [-0.39, 0.29) is 19.2 Å². The van der Waals surface area contributed by atoms with Crippen LogP contribution in [0.15, 0.2) is 28.8 Å². The van der Waals surface area contributed by atoms with Gasteiger partial charge in [0.1, 0.15) is 18.5 Å². The molecular weight excluding hydrogens is 387 g/mol. The SMILES string of the molecule is Cc1cc(COc2cc3[nH]c(CNC(=O)N4CCC(F)C4)cc3cc2Cl)on1. The van der Waals surface area contributed by atoms with E-state index in [0.29, 0.717) is 36.0 Å². The summed E-state index contributed by atoms with van der Waals surface area (Å²) in [6.07, 6.45) is -0.533. The Kier molecular flexibility index (Phi) is 5.13. The van der Waals surface area contributed by atoms with Crippen molar-refractivity contribution in [2.75, 3.05) is 13.1 Å². The number of nitrogens with zero attached hydrogens (tertiary/aromatic N) is 2. The van der Waals surface area contributed by atoms with Gasteiger partial charge in [0.05, 0.1) is 23.8 Å². The number of fused-ring (bicyclic) bond motifs is 1. The van der Waals surface area contributed by atoms with Crippen molar-refractivity contribution in [1.82, 2.24) is 20.4 Å². The number of carbonyl (C=O) groups is 1. The summed E-state index contributed by atoms with van der Waals surface area (Å²) in [5.41, 5.74) is 2.44. The predicted molar refractivity (Wildman–Crippen MR) is 102 cm³/mol. The summed E-state index contributed by atoms with van der Waals surface area (Å²) < 4.78 is 24.1. The Labute approximate surface area is 165 Å². The van der Waals surface area contributed by atoms with Crippen molar-refractivity contribution in [3.63, 3.8) is 0 Å². The summed E-state index contributed by atoms with van der Waals surface area (Å²) in [4.78, 5) is 16.8. The van der Waals surface area contributed by atoms with Crippen LogP contribution in [0, 0.1) is 6.92 Å². The second kappa shape index (κ2) is 7.71. The van der Waals surface area contributed by atoms with Crippen LogP contribution in [0.5, 0.6) is 5.75 Å². The van der Waals surface area contributed by atoms with Crippen LogP contribution >= 0.6 is 11.6 Å². The van der Waals surface area contributed by atoms with Crippen LogP contribution in [0.2, 0.25) is 5.02 Å². The number of rotatable bonds is 5. The summed E-state index contributed by atoms with van der Waals surface area (Å²) in [5, 5.41) is 8.01. The highest BCUT2D eigenvalue weighted by molar-refractivity contribution is 6.32. The lowest BCUT2D eigenvalue weighted by Gasteiger charge is -2.15. The number of alkyl halides is 1. The monoisotopic (exact) mass is 406 g/mol. The van der Waals surface area contributed by atoms with Crippen molar-refractivity contribution in [2.45, 2.75) is 32.7 Å². The number of hydrogen-bond acceptors (Lipinski definition) is 4. The zero-order valence-electron chi connectivity index (χ0n) is 15.3. The van der Waals surface area contributed by atoms with Gasteiger partial charge in [-0.25, -0.2) is 9.18 Å². The summed E-state index contributed by atoms with van der Waals surface area (Å²) >= 11 is 6.31. The molecule has 1 aromatic carbocycles. The van der Waals surface area contributed by atoms with E-state index in [0.717, 1.165) is 22.3 Å². The molecule has 3 heterocycles. The molecule has 3 aromatic rings. The molecule has 0 radical (unpaired) electrons. The van der Waals surface area contributed by atoms with Crippen molar-refractivity contribution in [2.24, 2.45) is 0 Å². The van der Waals surface area contributed by atoms with E-state index in [9.17, 15) is 9.18 Å². The number of urea groups is 1. The van der Waals surface area contributed by atoms with Gasteiger partial charge in [0, 0.05) is 35.3 Å². The number of aromatic amines is 1. The Balaban J connectivity index is 1.41. The number of likely N-dealkylation sites (tertiary alicyclic amines) is 1. The lowest BCUT2D eigenvalue weighted by atomic mass is 10.2. The van der Waals surface area contributed by atoms with Crippen molar-refractivity contribution in [1.29, 1.82) is 0 Å². The van der Waals surface area contributed by atoms with Crippen LogP contribution in [0.25, 0.3) is 10.9 Å². The van der Waals surface area contributed by atoms with Crippen LogP contribution in [0.1, 0.15) is 23.6 Å². The van der Waals surface area contributed by atoms with Crippen molar-refractivity contribution < 1.29 is 18.4 Å². The average molecular weight is 407 g/mol. The van der Waals surface area contributed by atoms with Gasteiger partial charge in [-0.2, -0.15) is 0 Å². The molecule has 2 aromatic heterocycles. The number of hydrogen-bond donors (Lipinski definition) is 2. The molecule has 1 aliphatic heterocycles. The molecule has 1 atom stereocenters. The fourth-order valence-corrected chi connectivity index (χ4v) is 3.44. The first kappa shape index (κ1) is 18.6. The number of benzene rings is 1. The third kappa shape index (κ3) is 4.06. The Hall–Kier alpha value is -2.74. The quantitative estimate of drug-likeness (QED) is 0.672. The predicted octanol–water partition coefficient (Wildman–Crippen LogP) is 3.95. The van der Waals surface area contributed by atoms with Gasteiger partial charge in [0.25, 0.3) is 0 Å². The minimum atomic E-state index is -0.930. The largest absolute Gasteiger partial charge is 0.484 e. The second-order valence-electron chi connectivity index (χ2n) is 6.88. The Morgan fingerprint density at radius 3 is 3.04 bits per heavy atom. The number of H-pyrrole nitrogens is 1. The highest BCUT2D eigenvalue weighted by Crippen LogP contribution is 2.31. The maximum Gasteiger partial charge on any atom is 0.317 e. The minimum absolute atomic E-state index is 0.152. The Morgan fingerprint density at radius 1 is 1.46 bits per heavy atom. The molecule has 7 nitrogen and oxygen atoms in total. The summed E-state index contributed by atoms with van der Waals surface area (Å²) in [6, 6.07) is 7.05. The van der Waals surface area contributed by atoms with E-state index in [4.69, 9.17) is 20.9 Å². The van der Waals surface area contributed by atoms with Crippen molar-refractivity contribution in [3.05, 3.63) is 46.4 Å². The second-order valence-corrected chi connectivity index (χ2v) is 7.29. The van der Waals surface area contributed by atoms with Gasteiger partial charge in [-0.1, -0.05) is 16.8 Å². The standard InChI is InChI=1S/C19H20ClFN4O3/c1-11-4-15(28-24-11)10-27-18-7-17-12(6-16(18)20)5-14(23-17)8-22-19(26)25-3-2-13(21)9-25/h4-7,13,23H,2-3,8-10H2,1H3,(H,22,26). The average Bonchev–Trinajstić information content (AvgIpc) is 3.37. The van der Waals surface area contributed by atoms with Crippen LogP contribution < -0.4 is 10.1 Å². The molecule has 148 valence electrons. The first-order chi connectivity index (χ1) is 13.5. The van der Waals surface area contributed by atoms with Gasteiger partial charge in [-0.15, -0.1) is 0 Å². The molecule has 28 heavy (non-hydrogen) atoms. The number of aromatic nitrogens is 2. The summed E-state index contributed by atoms with van der Waals surface area (Å²) in [5.74, 6) is 1.13. The molecule has 1 unspecified atom stereocenters. The first-order valence-electron chi connectivity index (χ1n) is 9.01. The third-order valence-corrected chi connectivity index (χ3v) is 4.92. The van der Waals surface area contributed by atoms with Crippen LogP contribution in [0.3, 0.4) is 0 Å². The number of nitrogens with one attached hydrogen (secondary N) is 2. The van der Waals surface area contributed by atoms with E-state index >= 15 is 0 Å². The maximum atomic E-state index is 13.2. The normalized spacial score (nSPS) is 16.7. The van der Waals surface area contributed by atoms with Gasteiger partial charge in [0.2, 0.25) is 0 Å². The van der Waals surface area contributed by atoms with E-state index in [1.807, 2.05) is 13.0 Å². The van der Waals surface area contributed by atoms with Crippen LogP contribution in [-0.4, -0.2) is 40.3 Å². The lowest BCUT2D eigenvalue weighted by Crippen LogP contribution is -2.38. The topological polar surface area (TPSA) is 83.4 Å². The molecule has 0 bridgehead atoms. The Bertz CT molecular complexity index is 1000. The minimum Gasteiger partial charge on any atom is -0.484 e. The lowest BCUT2D eigenvalue weighted by molar-refractivity contribution is 0.204. The number of amides is 2. The molecule has 4 rings (SSSR count). The maximum absolute atomic E-state index is 13.2. The molecule has 1 saturated heterocycles. The van der Waals surface area contributed by atoms with Crippen LogP contribution in [0.4, 0.5) is 9.18 Å².